The third-order valence-corrected chi connectivity index (χ3v) is 4.47. The lowest BCUT2D eigenvalue weighted by Gasteiger charge is -2.35. The van der Waals surface area contributed by atoms with Crippen molar-refractivity contribution in [1.82, 2.24) is 20.3 Å². The van der Waals surface area contributed by atoms with Crippen LogP contribution in [0.5, 0.6) is 0 Å². The molecule has 7 nitrogen and oxygen atoms in total. The van der Waals surface area contributed by atoms with Crippen molar-refractivity contribution in [2.24, 2.45) is 0 Å². The SMILES string of the molecule is CC1(C)CC(NC(=O)CCCn2nnc3ccccc3c2=O)CCO1. The lowest BCUT2D eigenvalue weighted by Crippen LogP contribution is -2.45. The average molecular weight is 344 g/mol. The van der Waals surface area contributed by atoms with E-state index in [1.807, 2.05) is 19.9 Å². The Morgan fingerprint density at radius 2 is 2.20 bits per heavy atom. The van der Waals surface area contributed by atoms with Gasteiger partial charge in [0.2, 0.25) is 5.91 Å². The zero-order chi connectivity index (χ0) is 17.9. The maximum absolute atomic E-state index is 12.3. The van der Waals surface area contributed by atoms with Crippen molar-refractivity contribution in [2.75, 3.05) is 6.61 Å². The van der Waals surface area contributed by atoms with E-state index in [4.69, 9.17) is 4.74 Å². The first-order valence-electron chi connectivity index (χ1n) is 8.70. The van der Waals surface area contributed by atoms with Gasteiger partial charge in [-0.25, -0.2) is 4.68 Å². The molecule has 0 aliphatic carbocycles. The van der Waals surface area contributed by atoms with E-state index in [1.54, 1.807) is 18.2 Å². The molecule has 0 bridgehead atoms. The van der Waals surface area contributed by atoms with Gasteiger partial charge in [0.05, 0.1) is 11.0 Å². The number of aryl methyl sites for hydroxylation is 1. The van der Waals surface area contributed by atoms with Crippen molar-refractivity contribution >= 4 is 16.8 Å². The van der Waals surface area contributed by atoms with Crippen LogP contribution in [0, 0.1) is 0 Å². The van der Waals surface area contributed by atoms with Gasteiger partial charge >= 0.3 is 0 Å². The molecule has 0 radical (unpaired) electrons. The Morgan fingerprint density at radius 1 is 1.40 bits per heavy atom. The first-order chi connectivity index (χ1) is 11.9. The minimum absolute atomic E-state index is 0.00416. The van der Waals surface area contributed by atoms with Gasteiger partial charge in [-0.3, -0.25) is 9.59 Å². The van der Waals surface area contributed by atoms with E-state index in [1.165, 1.54) is 4.68 Å². The van der Waals surface area contributed by atoms with Gasteiger partial charge in [-0.1, -0.05) is 17.3 Å². The van der Waals surface area contributed by atoms with Crippen molar-refractivity contribution in [3.05, 3.63) is 34.6 Å². The summed E-state index contributed by atoms with van der Waals surface area (Å²) in [5.74, 6) is 0.00416. The number of carbonyl (C=O) groups is 1. The molecule has 1 atom stereocenters. The first-order valence-corrected chi connectivity index (χ1v) is 8.70. The summed E-state index contributed by atoms with van der Waals surface area (Å²) in [6, 6.07) is 7.28. The Hall–Kier alpha value is -2.28. The maximum atomic E-state index is 12.3. The lowest BCUT2D eigenvalue weighted by molar-refractivity contribution is -0.124. The molecular weight excluding hydrogens is 320 g/mol. The summed E-state index contributed by atoms with van der Waals surface area (Å²) >= 11 is 0. The minimum Gasteiger partial charge on any atom is -0.375 e. The quantitative estimate of drug-likeness (QED) is 0.891. The van der Waals surface area contributed by atoms with Gasteiger partial charge < -0.3 is 10.1 Å². The fourth-order valence-electron chi connectivity index (χ4n) is 3.21. The van der Waals surface area contributed by atoms with Gasteiger partial charge in [-0.15, -0.1) is 5.10 Å². The van der Waals surface area contributed by atoms with Crippen LogP contribution in [0.3, 0.4) is 0 Å². The zero-order valence-corrected chi connectivity index (χ0v) is 14.7. The number of amides is 1. The summed E-state index contributed by atoms with van der Waals surface area (Å²) in [5.41, 5.74) is 0.227. The van der Waals surface area contributed by atoms with E-state index in [2.05, 4.69) is 15.6 Å². The number of carbonyl (C=O) groups excluding carboxylic acids is 1. The molecule has 1 N–H and O–H groups in total. The Balaban J connectivity index is 1.52. The molecule has 0 saturated carbocycles. The molecule has 1 aliphatic rings. The molecule has 1 unspecified atom stereocenters. The van der Waals surface area contributed by atoms with E-state index in [-0.39, 0.29) is 23.1 Å². The topological polar surface area (TPSA) is 86.1 Å². The van der Waals surface area contributed by atoms with E-state index in [0.29, 0.717) is 36.9 Å². The number of ether oxygens (including phenoxy) is 1. The fraction of sp³-hybridized carbons (Fsp3) is 0.556. The van der Waals surface area contributed by atoms with Crippen LogP contribution in [0.4, 0.5) is 0 Å². The van der Waals surface area contributed by atoms with Crippen LogP contribution in [0.1, 0.15) is 39.5 Å². The smallest absolute Gasteiger partial charge is 0.277 e. The number of benzene rings is 1. The van der Waals surface area contributed by atoms with Crippen LogP contribution in [-0.4, -0.2) is 39.2 Å². The van der Waals surface area contributed by atoms with Crippen molar-refractivity contribution < 1.29 is 9.53 Å². The van der Waals surface area contributed by atoms with Gasteiger partial charge in [0.1, 0.15) is 5.52 Å². The second-order valence-corrected chi connectivity index (χ2v) is 7.10. The van der Waals surface area contributed by atoms with Gasteiger partial charge in [0.25, 0.3) is 5.56 Å². The molecule has 25 heavy (non-hydrogen) atoms. The summed E-state index contributed by atoms with van der Waals surface area (Å²) in [7, 11) is 0. The molecule has 1 aromatic heterocycles. The summed E-state index contributed by atoms with van der Waals surface area (Å²) in [4.78, 5) is 24.5. The molecule has 1 amide bonds. The Morgan fingerprint density at radius 3 is 3.00 bits per heavy atom. The summed E-state index contributed by atoms with van der Waals surface area (Å²) in [6.07, 6.45) is 2.56. The van der Waals surface area contributed by atoms with Gasteiger partial charge in [-0.2, -0.15) is 0 Å². The minimum atomic E-state index is -0.190. The third kappa shape index (κ3) is 4.42. The van der Waals surface area contributed by atoms with Gasteiger partial charge in [0, 0.05) is 25.6 Å². The molecule has 1 aliphatic heterocycles. The molecule has 1 aromatic carbocycles. The molecule has 1 fully saturated rings. The number of nitrogens with zero attached hydrogens (tertiary/aromatic N) is 3. The Labute approximate surface area is 146 Å². The van der Waals surface area contributed by atoms with Gasteiger partial charge in [-0.05, 0) is 45.2 Å². The fourth-order valence-corrected chi connectivity index (χ4v) is 3.21. The second-order valence-electron chi connectivity index (χ2n) is 7.10. The molecule has 2 heterocycles. The summed E-state index contributed by atoms with van der Waals surface area (Å²) < 4.78 is 6.99. The number of rotatable bonds is 5. The maximum Gasteiger partial charge on any atom is 0.277 e. The predicted molar refractivity (Wildman–Crippen MR) is 94.2 cm³/mol. The highest BCUT2D eigenvalue weighted by atomic mass is 16.5. The van der Waals surface area contributed by atoms with Gasteiger partial charge in [0.15, 0.2) is 0 Å². The molecular formula is C18H24N4O3. The van der Waals surface area contributed by atoms with Crippen LogP contribution >= 0.6 is 0 Å². The van der Waals surface area contributed by atoms with Crippen molar-refractivity contribution in [1.29, 1.82) is 0 Å². The lowest BCUT2D eigenvalue weighted by atomic mass is 9.94. The van der Waals surface area contributed by atoms with Crippen LogP contribution < -0.4 is 10.9 Å². The second kappa shape index (κ2) is 7.31. The molecule has 2 aromatic rings. The Bertz CT molecular complexity index is 815. The number of hydrogen-bond acceptors (Lipinski definition) is 5. The predicted octanol–water partition coefficient (Wildman–Crippen LogP) is 1.65. The normalized spacial score (nSPS) is 19.7. The van der Waals surface area contributed by atoms with E-state index in [0.717, 1.165) is 12.8 Å². The highest BCUT2D eigenvalue weighted by molar-refractivity contribution is 5.77. The number of aromatic nitrogens is 3. The number of nitrogens with one attached hydrogen (secondary N) is 1. The highest BCUT2D eigenvalue weighted by Gasteiger charge is 2.29. The number of fused-ring (bicyclic) bond motifs is 1. The molecule has 7 heteroatoms. The van der Waals surface area contributed by atoms with E-state index in [9.17, 15) is 9.59 Å². The van der Waals surface area contributed by atoms with Crippen LogP contribution in [0.15, 0.2) is 29.1 Å². The van der Waals surface area contributed by atoms with Crippen molar-refractivity contribution in [2.45, 2.75) is 57.7 Å². The van der Waals surface area contributed by atoms with Crippen LogP contribution in [-0.2, 0) is 16.1 Å². The largest absolute Gasteiger partial charge is 0.375 e. The van der Waals surface area contributed by atoms with Crippen molar-refractivity contribution in [3.8, 4) is 0 Å². The standard InChI is InChI=1S/C18H24N4O3/c1-18(2)12-13(9-11-25-18)19-16(23)8-5-10-22-17(24)14-6-3-4-7-15(14)20-21-22/h3-4,6-7,13H,5,8-12H2,1-2H3,(H,19,23). The van der Waals surface area contributed by atoms with E-state index >= 15 is 0 Å². The zero-order valence-electron chi connectivity index (χ0n) is 14.7. The summed E-state index contributed by atoms with van der Waals surface area (Å²) in [6.45, 7) is 5.12. The molecule has 0 spiro atoms. The summed E-state index contributed by atoms with van der Waals surface area (Å²) in [5, 5.41) is 11.6. The first kappa shape index (κ1) is 17.5. The monoisotopic (exact) mass is 344 g/mol. The third-order valence-electron chi connectivity index (χ3n) is 4.47. The van der Waals surface area contributed by atoms with E-state index < -0.39 is 0 Å². The van der Waals surface area contributed by atoms with Crippen LogP contribution in [0.2, 0.25) is 0 Å². The highest BCUT2D eigenvalue weighted by Crippen LogP contribution is 2.23. The molecule has 1 saturated heterocycles. The van der Waals surface area contributed by atoms with Crippen molar-refractivity contribution in [3.63, 3.8) is 0 Å². The number of hydrogen-bond donors (Lipinski definition) is 1. The molecule has 134 valence electrons. The Kier molecular flexibility index (Phi) is 5.13. The average Bonchev–Trinajstić information content (AvgIpc) is 2.56. The van der Waals surface area contributed by atoms with Crippen LogP contribution in [0.25, 0.3) is 10.9 Å². The molecule has 3 rings (SSSR count).